The molecule has 1 heterocycles. The monoisotopic (exact) mass is 892 g/mol. The molecule has 2 bridgehead atoms. The van der Waals surface area contributed by atoms with Gasteiger partial charge in [-0.05, 0) is 79.1 Å². The van der Waals surface area contributed by atoms with E-state index in [1.807, 2.05) is 6.92 Å². The van der Waals surface area contributed by atoms with Crippen LogP contribution >= 0.6 is 0 Å². The maximum absolute atomic E-state index is 13.3. The Labute approximate surface area is 340 Å². The van der Waals surface area contributed by atoms with Gasteiger partial charge in [0.1, 0.15) is 18.3 Å². The van der Waals surface area contributed by atoms with Gasteiger partial charge in [0, 0.05) is 23.7 Å². The number of carbonyl (C=O) groups is 4. The number of carboxylic acid groups (broad SMARTS) is 1. The fraction of sp³-hybridized carbons (Fsp3) is 0.895. The number of hydrogen-bond donors (Lipinski definition) is 6. The van der Waals surface area contributed by atoms with Gasteiger partial charge in [-0.25, -0.2) is 0 Å². The minimum atomic E-state index is -6.32. The lowest BCUT2D eigenvalue weighted by molar-refractivity contribution is -0.391. The summed E-state index contributed by atoms with van der Waals surface area (Å²) in [5.41, 5.74) is -12.6. The van der Waals surface area contributed by atoms with E-state index >= 15 is 0 Å². The highest BCUT2D eigenvalue weighted by Crippen LogP contribution is 2.57. The van der Waals surface area contributed by atoms with E-state index in [-0.39, 0.29) is 68.5 Å². The van der Waals surface area contributed by atoms with E-state index in [1.54, 1.807) is 13.8 Å². The van der Waals surface area contributed by atoms with Gasteiger partial charge >= 0.3 is 42.4 Å². The minimum Gasteiger partial charge on any atom is -0.481 e. The molecule has 0 aromatic heterocycles. The van der Waals surface area contributed by atoms with Crippen molar-refractivity contribution < 1.29 is 104 Å². The van der Waals surface area contributed by atoms with Gasteiger partial charge in [0.05, 0.1) is 42.0 Å². The first-order valence-electron chi connectivity index (χ1n) is 19.5. The van der Waals surface area contributed by atoms with Gasteiger partial charge in [-0.2, -0.15) is 39.5 Å². The van der Waals surface area contributed by atoms with Gasteiger partial charge in [-0.15, -0.1) is 0 Å². The summed E-state index contributed by atoms with van der Waals surface area (Å²) in [7, 11) is 0. The van der Waals surface area contributed by atoms with E-state index in [2.05, 4.69) is 0 Å². The molecule has 0 aromatic carbocycles. The molecule has 1 aliphatic heterocycles. The highest BCUT2D eigenvalue weighted by atomic mass is 19.4. The van der Waals surface area contributed by atoms with Crippen molar-refractivity contribution in [3.05, 3.63) is 0 Å². The molecule has 6 N–H and O–H groups in total. The van der Waals surface area contributed by atoms with Gasteiger partial charge in [-0.3, -0.25) is 19.2 Å². The first-order valence-corrected chi connectivity index (χ1v) is 19.5. The topological polar surface area (TPSA) is 217 Å². The van der Waals surface area contributed by atoms with Crippen LogP contribution in [-0.2, 0) is 33.4 Å². The van der Waals surface area contributed by atoms with Crippen LogP contribution in [0.15, 0.2) is 0 Å². The van der Waals surface area contributed by atoms with E-state index < -0.39 is 102 Å². The predicted octanol–water partition coefficient (Wildman–Crippen LogP) is 5.26. The summed E-state index contributed by atoms with van der Waals surface area (Å²) in [6, 6.07) is 0. The lowest BCUT2D eigenvalue weighted by Gasteiger charge is -2.47. The van der Waals surface area contributed by atoms with Crippen LogP contribution in [0.3, 0.4) is 0 Å². The second-order valence-electron chi connectivity index (χ2n) is 17.3. The number of aliphatic hydroxyl groups excluding tert-OH is 3. The number of ether oxygens (including phenoxy) is 3. The van der Waals surface area contributed by atoms with E-state index in [4.69, 9.17) is 24.4 Å². The van der Waals surface area contributed by atoms with E-state index in [0.717, 1.165) is 12.8 Å². The van der Waals surface area contributed by atoms with Crippen LogP contribution in [0, 0.1) is 45.8 Å². The molecule has 4 aliphatic rings. The molecular formula is C38H57F9O13. The van der Waals surface area contributed by atoms with Gasteiger partial charge in [-0.1, -0.05) is 20.8 Å². The number of hydrogen-bond acceptors (Lipinski definition) is 12. The first-order chi connectivity index (χ1) is 27.1. The van der Waals surface area contributed by atoms with Gasteiger partial charge in [0.25, 0.3) is 5.60 Å². The number of alkyl halides is 9. The van der Waals surface area contributed by atoms with Crippen molar-refractivity contribution in [3.8, 4) is 0 Å². The maximum atomic E-state index is 13.3. The highest BCUT2D eigenvalue weighted by molar-refractivity contribution is 5.79. The number of aliphatic carboxylic acids is 1. The summed E-state index contributed by atoms with van der Waals surface area (Å²) in [6.07, 6.45) is -21.6. The normalized spacial score (nSPS) is 30.4. The summed E-state index contributed by atoms with van der Waals surface area (Å²) in [5, 5.41) is 55.4. The van der Waals surface area contributed by atoms with Crippen molar-refractivity contribution in [2.75, 3.05) is 19.8 Å². The smallest absolute Gasteiger partial charge is 0.426 e. The number of fused-ring (bicyclic) bond motifs is 1. The molecule has 13 nitrogen and oxygen atoms in total. The third-order valence-corrected chi connectivity index (χ3v) is 13.3. The molecule has 60 heavy (non-hydrogen) atoms. The van der Waals surface area contributed by atoms with Crippen LogP contribution in [0.5, 0.6) is 0 Å². The summed E-state index contributed by atoms with van der Waals surface area (Å²) in [6.45, 7) is 8.27. The van der Waals surface area contributed by atoms with Gasteiger partial charge in [0.2, 0.25) is 0 Å². The van der Waals surface area contributed by atoms with Crippen molar-refractivity contribution in [3.63, 3.8) is 0 Å². The van der Waals surface area contributed by atoms with E-state index in [0.29, 0.717) is 12.8 Å². The Kier molecular flexibility index (Phi) is 16.7. The average molecular weight is 893 g/mol. The zero-order chi connectivity index (χ0) is 46.8. The lowest BCUT2D eigenvalue weighted by Crippen LogP contribution is -2.64. The SMILES string of the molecule is CCC(C)(CO)C(=O)O.CCC(C)(CO)C(=O)OC1C2CC3C(=O)OC1C3C2.CCC(C)(CO)C(=O)OC1CC(C(C)(O)C(F)(F)F)CC(C(O)(C(F)(F)F)C(F)(F)F)C1. The van der Waals surface area contributed by atoms with Crippen molar-refractivity contribution in [2.45, 2.75) is 148 Å². The molecule has 1 saturated heterocycles. The molecule has 3 saturated carbocycles. The van der Waals surface area contributed by atoms with Crippen LogP contribution in [0.25, 0.3) is 0 Å². The van der Waals surface area contributed by atoms with E-state index in [1.165, 1.54) is 20.8 Å². The van der Waals surface area contributed by atoms with Gasteiger partial charge in [0.15, 0.2) is 5.60 Å². The summed E-state index contributed by atoms with van der Waals surface area (Å²) in [5.74, 6) is -7.36. The summed E-state index contributed by atoms with van der Waals surface area (Å²) >= 11 is 0. The van der Waals surface area contributed by atoms with Crippen molar-refractivity contribution in [1.29, 1.82) is 0 Å². The van der Waals surface area contributed by atoms with Crippen LogP contribution in [0.1, 0.15) is 99.8 Å². The Bertz CT molecular complexity index is 1490. The fourth-order valence-electron chi connectivity index (χ4n) is 7.61. The predicted molar refractivity (Wildman–Crippen MR) is 188 cm³/mol. The molecular weight excluding hydrogens is 835 g/mol. The van der Waals surface area contributed by atoms with Crippen molar-refractivity contribution in [2.24, 2.45) is 45.8 Å². The number of aliphatic hydroxyl groups is 5. The summed E-state index contributed by atoms with van der Waals surface area (Å²) < 4.78 is 136. The van der Waals surface area contributed by atoms with Crippen molar-refractivity contribution >= 4 is 23.9 Å². The molecule has 0 spiro atoms. The van der Waals surface area contributed by atoms with Crippen LogP contribution in [-0.4, -0.2) is 122 Å². The Balaban J connectivity index is 0.000000368. The Hall–Kier alpha value is -2.95. The molecule has 12 atom stereocenters. The minimum absolute atomic E-state index is 0.0281. The Morgan fingerprint density at radius 3 is 1.45 bits per heavy atom. The van der Waals surface area contributed by atoms with Crippen LogP contribution < -0.4 is 0 Å². The number of rotatable bonds is 13. The summed E-state index contributed by atoms with van der Waals surface area (Å²) in [4.78, 5) is 46.5. The molecule has 4 rings (SSSR count). The third-order valence-electron chi connectivity index (χ3n) is 13.3. The second-order valence-corrected chi connectivity index (χ2v) is 17.3. The van der Waals surface area contributed by atoms with Crippen LogP contribution in [0.4, 0.5) is 39.5 Å². The molecule has 0 radical (unpaired) electrons. The second kappa shape index (κ2) is 18.8. The highest BCUT2D eigenvalue weighted by Gasteiger charge is 2.75. The fourth-order valence-corrected chi connectivity index (χ4v) is 7.61. The molecule has 350 valence electrons. The largest absolute Gasteiger partial charge is 0.481 e. The van der Waals surface area contributed by atoms with Crippen LogP contribution in [0.2, 0.25) is 0 Å². The standard InChI is InChI=1S/C18H25F9O5.C14H20O5.C6H12O3/c1-4-13(2,8-28)12(29)32-11-6-9(14(3,30)16(19,20)21)5-10(7-11)15(31,17(22,23)24)18(25,26)27;1-3-14(2,6-15)13(17)19-10-7-4-8-9(5-7)12(16)18-11(8)10;1-3-6(2,4-7)5(8)9/h9-11,28,30-31H,4-8H2,1-3H3;7-11,15H,3-6H2,1-2H3;7H,3-4H2,1-2H3,(H,8,9). The number of carboxylic acids is 1. The molecule has 12 unspecified atom stereocenters. The molecule has 0 aromatic rings. The lowest BCUT2D eigenvalue weighted by atomic mass is 9.66. The Morgan fingerprint density at radius 1 is 0.650 bits per heavy atom. The third kappa shape index (κ3) is 10.5. The molecule has 3 aliphatic carbocycles. The quantitative estimate of drug-likeness (QED) is 0.0792. The number of carbonyl (C=O) groups excluding carboxylic acids is 3. The number of esters is 3. The molecule has 22 heteroatoms. The zero-order valence-electron chi connectivity index (χ0n) is 34.3. The average Bonchev–Trinajstić information content (AvgIpc) is 3.81. The molecule has 0 amide bonds. The number of halogens is 9. The maximum Gasteiger partial charge on any atom is 0.426 e. The first kappa shape index (κ1) is 53.2. The van der Waals surface area contributed by atoms with E-state index in [9.17, 15) is 79.1 Å². The zero-order valence-corrected chi connectivity index (χ0v) is 34.3. The molecule has 4 fully saturated rings. The van der Waals surface area contributed by atoms with Crippen molar-refractivity contribution in [1.82, 2.24) is 0 Å². The van der Waals surface area contributed by atoms with Gasteiger partial charge < -0.3 is 44.8 Å². The Morgan fingerprint density at radius 2 is 1.08 bits per heavy atom.